The third-order valence-electron chi connectivity index (χ3n) is 3.42. The Morgan fingerprint density at radius 3 is 2.67 bits per heavy atom. The number of aromatic nitrogens is 1. The van der Waals surface area contributed by atoms with Crippen LogP contribution in [0.2, 0.25) is 4.47 Å². The predicted molar refractivity (Wildman–Crippen MR) is 73.4 cm³/mol. The molecule has 102 valence electrons. The van der Waals surface area contributed by atoms with Crippen LogP contribution in [0, 0.1) is 11.8 Å². The van der Waals surface area contributed by atoms with Crippen molar-refractivity contribution in [3.63, 3.8) is 0 Å². The minimum Gasteiger partial charge on any atom is -0.232 e. The van der Waals surface area contributed by atoms with E-state index < -0.39 is 10.0 Å². The topological polar surface area (TPSA) is 59.1 Å². The van der Waals surface area contributed by atoms with Crippen LogP contribution in [0.4, 0.5) is 0 Å². The van der Waals surface area contributed by atoms with Crippen molar-refractivity contribution in [1.82, 2.24) is 9.71 Å². The highest BCUT2D eigenvalue weighted by Gasteiger charge is 2.22. The molecule has 0 aliphatic heterocycles. The summed E-state index contributed by atoms with van der Waals surface area (Å²) in [5, 5.41) is 0. The lowest BCUT2D eigenvalue weighted by atomic mass is 9.83. The molecule has 2 rings (SSSR count). The van der Waals surface area contributed by atoms with Gasteiger partial charge < -0.3 is 0 Å². The van der Waals surface area contributed by atoms with Crippen molar-refractivity contribution >= 4 is 33.0 Å². The summed E-state index contributed by atoms with van der Waals surface area (Å²) in [4.78, 5) is 3.75. The molecule has 0 bridgehead atoms. The molecule has 1 aromatic rings. The highest BCUT2D eigenvalue weighted by molar-refractivity contribution is 7.91. The molecule has 4 nitrogen and oxygen atoms in total. The number of hydrogen-bond acceptors (Lipinski definition) is 4. The fourth-order valence-electron chi connectivity index (χ4n) is 2.20. The molecule has 1 saturated carbocycles. The molecule has 0 atom stereocenters. The molecule has 1 aliphatic rings. The maximum Gasteiger partial charge on any atom is 0.251 e. The van der Waals surface area contributed by atoms with E-state index in [0.717, 1.165) is 30.1 Å². The molecule has 1 aromatic heterocycles. The number of rotatable bonds is 4. The van der Waals surface area contributed by atoms with E-state index in [1.54, 1.807) is 0 Å². The molecule has 18 heavy (non-hydrogen) atoms. The summed E-state index contributed by atoms with van der Waals surface area (Å²) >= 11 is 6.63. The SMILES string of the molecule is CC1CCC(CNS(=O)(=O)c2cnc(Cl)s2)CC1. The van der Waals surface area contributed by atoms with Gasteiger partial charge in [0.25, 0.3) is 10.0 Å². The number of nitrogens with zero attached hydrogens (tertiary/aromatic N) is 1. The Kier molecular flexibility index (Phi) is 4.64. The molecule has 0 saturated heterocycles. The fraction of sp³-hybridized carbons (Fsp3) is 0.727. The van der Waals surface area contributed by atoms with Crippen LogP contribution in [0.15, 0.2) is 10.4 Å². The Balaban J connectivity index is 1.90. The Bertz CT molecular complexity index is 493. The van der Waals surface area contributed by atoms with Crippen molar-refractivity contribution in [2.24, 2.45) is 11.8 Å². The van der Waals surface area contributed by atoms with Gasteiger partial charge in [0.1, 0.15) is 0 Å². The summed E-state index contributed by atoms with van der Waals surface area (Å²) in [6.45, 7) is 2.77. The minimum atomic E-state index is -3.43. The Morgan fingerprint density at radius 1 is 1.44 bits per heavy atom. The lowest BCUT2D eigenvalue weighted by Gasteiger charge is -2.25. The van der Waals surface area contributed by atoms with E-state index in [9.17, 15) is 8.42 Å². The number of hydrogen-bond donors (Lipinski definition) is 1. The van der Waals surface area contributed by atoms with Gasteiger partial charge in [0.05, 0.1) is 6.20 Å². The zero-order valence-electron chi connectivity index (χ0n) is 10.2. The summed E-state index contributed by atoms with van der Waals surface area (Å²) in [6.07, 6.45) is 5.90. The van der Waals surface area contributed by atoms with Gasteiger partial charge in [0, 0.05) is 6.54 Å². The number of halogens is 1. The quantitative estimate of drug-likeness (QED) is 0.930. The van der Waals surface area contributed by atoms with Crippen LogP contribution in [0.1, 0.15) is 32.6 Å². The molecular formula is C11H17ClN2O2S2. The Labute approximate surface area is 117 Å². The smallest absolute Gasteiger partial charge is 0.232 e. The van der Waals surface area contributed by atoms with Crippen molar-refractivity contribution < 1.29 is 8.42 Å². The van der Waals surface area contributed by atoms with Crippen LogP contribution < -0.4 is 4.72 Å². The van der Waals surface area contributed by atoms with Gasteiger partial charge in [-0.25, -0.2) is 18.1 Å². The van der Waals surface area contributed by atoms with E-state index in [2.05, 4.69) is 16.6 Å². The molecule has 0 aromatic carbocycles. The van der Waals surface area contributed by atoms with Crippen LogP contribution in [-0.4, -0.2) is 19.9 Å². The largest absolute Gasteiger partial charge is 0.251 e. The number of nitrogens with one attached hydrogen (secondary N) is 1. The summed E-state index contributed by atoms with van der Waals surface area (Å²) in [7, 11) is -3.43. The maximum absolute atomic E-state index is 12.0. The van der Waals surface area contributed by atoms with Crippen LogP contribution in [0.5, 0.6) is 0 Å². The third-order valence-corrected chi connectivity index (χ3v) is 6.42. The first kappa shape index (κ1) is 14.2. The second-order valence-electron chi connectivity index (χ2n) is 4.91. The average molecular weight is 309 g/mol. The zero-order valence-corrected chi connectivity index (χ0v) is 12.6. The molecule has 7 heteroatoms. The van der Waals surface area contributed by atoms with Gasteiger partial charge in [-0.15, -0.1) is 0 Å². The first-order valence-electron chi connectivity index (χ1n) is 6.08. The summed E-state index contributed by atoms with van der Waals surface area (Å²) in [5.74, 6) is 1.23. The van der Waals surface area contributed by atoms with Gasteiger partial charge in [0.15, 0.2) is 8.68 Å². The average Bonchev–Trinajstić information content (AvgIpc) is 2.76. The second-order valence-corrected chi connectivity index (χ2v) is 8.52. The molecule has 1 aliphatic carbocycles. The van der Waals surface area contributed by atoms with E-state index >= 15 is 0 Å². The van der Waals surface area contributed by atoms with Gasteiger partial charge in [-0.3, -0.25) is 0 Å². The Hall–Kier alpha value is -0.170. The first-order chi connectivity index (χ1) is 8.47. The van der Waals surface area contributed by atoms with E-state index in [1.165, 1.54) is 19.0 Å². The minimum absolute atomic E-state index is 0.191. The van der Waals surface area contributed by atoms with Crippen molar-refractivity contribution in [1.29, 1.82) is 0 Å². The van der Waals surface area contributed by atoms with E-state index in [0.29, 0.717) is 12.5 Å². The Morgan fingerprint density at radius 2 is 2.11 bits per heavy atom. The molecule has 1 N–H and O–H groups in total. The van der Waals surface area contributed by atoms with Crippen LogP contribution in [0.3, 0.4) is 0 Å². The molecule has 0 spiro atoms. The van der Waals surface area contributed by atoms with Gasteiger partial charge in [-0.2, -0.15) is 0 Å². The third kappa shape index (κ3) is 3.66. The lowest BCUT2D eigenvalue weighted by molar-refractivity contribution is 0.290. The molecule has 0 amide bonds. The van der Waals surface area contributed by atoms with E-state index in [1.807, 2.05) is 0 Å². The molecular weight excluding hydrogens is 292 g/mol. The number of sulfonamides is 1. The first-order valence-corrected chi connectivity index (χ1v) is 8.76. The van der Waals surface area contributed by atoms with Gasteiger partial charge in [-0.1, -0.05) is 42.7 Å². The van der Waals surface area contributed by atoms with E-state index in [-0.39, 0.29) is 8.68 Å². The highest BCUT2D eigenvalue weighted by atomic mass is 35.5. The lowest BCUT2D eigenvalue weighted by Crippen LogP contribution is -2.30. The monoisotopic (exact) mass is 308 g/mol. The zero-order chi connectivity index (χ0) is 13.2. The number of thiazole rings is 1. The molecule has 0 radical (unpaired) electrons. The highest BCUT2D eigenvalue weighted by Crippen LogP contribution is 2.28. The van der Waals surface area contributed by atoms with Gasteiger partial charge >= 0.3 is 0 Å². The standard InChI is InChI=1S/C11H17ClN2O2S2/c1-8-2-4-9(5-3-8)6-14-18(15,16)10-7-13-11(12)17-10/h7-9,14H,2-6H2,1H3. The van der Waals surface area contributed by atoms with Crippen molar-refractivity contribution in [2.75, 3.05) is 6.54 Å². The van der Waals surface area contributed by atoms with Crippen molar-refractivity contribution in [2.45, 2.75) is 36.8 Å². The van der Waals surface area contributed by atoms with Crippen LogP contribution >= 0.6 is 22.9 Å². The maximum atomic E-state index is 12.0. The van der Waals surface area contributed by atoms with E-state index in [4.69, 9.17) is 11.6 Å². The van der Waals surface area contributed by atoms with Crippen LogP contribution in [0.25, 0.3) is 0 Å². The van der Waals surface area contributed by atoms with Crippen molar-refractivity contribution in [3.8, 4) is 0 Å². The molecule has 1 heterocycles. The summed E-state index contributed by atoms with van der Waals surface area (Å²) in [5.41, 5.74) is 0. The molecule has 0 unspecified atom stereocenters. The van der Waals surface area contributed by atoms with Crippen molar-refractivity contribution in [3.05, 3.63) is 10.7 Å². The van der Waals surface area contributed by atoms with Gasteiger partial charge in [-0.05, 0) is 24.7 Å². The summed E-state index contributed by atoms with van der Waals surface area (Å²) < 4.78 is 27.0. The fourth-order valence-corrected chi connectivity index (χ4v) is 4.65. The predicted octanol–water partition coefficient (Wildman–Crippen LogP) is 2.90. The second kappa shape index (κ2) is 5.86. The molecule has 1 fully saturated rings. The van der Waals surface area contributed by atoms with Crippen LogP contribution in [-0.2, 0) is 10.0 Å². The normalized spacial score (nSPS) is 25.2. The summed E-state index contributed by atoms with van der Waals surface area (Å²) in [6, 6.07) is 0. The van der Waals surface area contributed by atoms with Gasteiger partial charge in [0.2, 0.25) is 0 Å².